The van der Waals surface area contributed by atoms with Gasteiger partial charge in [-0.3, -0.25) is 4.79 Å². The highest BCUT2D eigenvalue weighted by atomic mass is 32.2. The van der Waals surface area contributed by atoms with Crippen molar-refractivity contribution in [3.63, 3.8) is 0 Å². The molecule has 5 rings (SSSR count). The van der Waals surface area contributed by atoms with E-state index in [1.807, 2.05) is 36.4 Å². The van der Waals surface area contributed by atoms with E-state index in [-0.39, 0.29) is 28.7 Å². The fourth-order valence-electron chi connectivity index (χ4n) is 4.73. The number of sulfonamides is 1. The van der Waals surface area contributed by atoms with E-state index in [9.17, 15) is 13.2 Å². The lowest BCUT2D eigenvalue weighted by atomic mass is 10.0. The molecule has 3 aromatic carbocycles. The Bertz CT molecular complexity index is 1280. The Morgan fingerprint density at radius 1 is 1.06 bits per heavy atom. The molecule has 172 valence electrons. The summed E-state index contributed by atoms with van der Waals surface area (Å²) >= 11 is 0. The molecule has 1 saturated carbocycles. The SMILES string of the molecule is Cc1cccc2ccc(NC(=O)[C@@H]3C[C@H]3c3ccc(S(=O)(=O)NC4CCCNC4)cc3)cc12. The molecule has 1 unspecified atom stereocenters. The van der Waals surface area contributed by atoms with E-state index in [2.05, 4.69) is 34.4 Å². The summed E-state index contributed by atoms with van der Waals surface area (Å²) in [5, 5.41) is 8.56. The Morgan fingerprint density at radius 3 is 2.64 bits per heavy atom. The van der Waals surface area contributed by atoms with Crippen LogP contribution in [0.5, 0.6) is 0 Å². The second-order valence-electron chi connectivity index (χ2n) is 9.18. The van der Waals surface area contributed by atoms with Crippen LogP contribution in [0.4, 0.5) is 5.69 Å². The number of hydrogen-bond donors (Lipinski definition) is 3. The Kier molecular flexibility index (Phi) is 5.95. The molecule has 3 aromatic rings. The third-order valence-electron chi connectivity index (χ3n) is 6.73. The molecule has 0 radical (unpaired) electrons. The second-order valence-corrected chi connectivity index (χ2v) is 10.9. The molecular formula is C26H29N3O3S. The zero-order valence-electron chi connectivity index (χ0n) is 18.7. The fraction of sp³-hybridized carbons (Fsp3) is 0.346. The number of carbonyl (C=O) groups is 1. The van der Waals surface area contributed by atoms with Gasteiger partial charge in [0.25, 0.3) is 0 Å². The molecule has 7 heteroatoms. The molecule has 1 saturated heterocycles. The van der Waals surface area contributed by atoms with Crippen molar-refractivity contribution < 1.29 is 13.2 Å². The molecular weight excluding hydrogens is 434 g/mol. The highest BCUT2D eigenvalue weighted by Crippen LogP contribution is 2.48. The summed E-state index contributed by atoms with van der Waals surface area (Å²) in [4.78, 5) is 13.1. The summed E-state index contributed by atoms with van der Waals surface area (Å²) in [6.07, 6.45) is 2.59. The van der Waals surface area contributed by atoms with E-state index >= 15 is 0 Å². The maximum absolute atomic E-state index is 12.8. The summed E-state index contributed by atoms with van der Waals surface area (Å²) in [7, 11) is -3.54. The number of anilines is 1. The van der Waals surface area contributed by atoms with Crippen molar-refractivity contribution in [1.82, 2.24) is 10.0 Å². The van der Waals surface area contributed by atoms with Crippen LogP contribution in [0.2, 0.25) is 0 Å². The Morgan fingerprint density at radius 2 is 1.88 bits per heavy atom. The average molecular weight is 464 g/mol. The molecule has 33 heavy (non-hydrogen) atoms. The zero-order valence-corrected chi connectivity index (χ0v) is 19.5. The van der Waals surface area contributed by atoms with Crippen LogP contribution in [0.3, 0.4) is 0 Å². The first-order valence-corrected chi connectivity index (χ1v) is 13.0. The van der Waals surface area contributed by atoms with Gasteiger partial charge in [0.1, 0.15) is 0 Å². The lowest BCUT2D eigenvalue weighted by molar-refractivity contribution is -0.117. The van der Waals surface area contributed by atoms with Crippen LogP contribution in [-0.2, 0) is 14.8 Å². The Hall–Kier alpha value is -2.74. The van der Waals surface area contributed by atoms with E-state index in [0.29, 0.717) is 6.54 Å². The van der Waals surface area contributed by atoms with Gasteiger partial charge in [-0.25, -0.2) is 13.1 Å². The highest BCUT2D eigenvalue weighted by Gasteiger charge is 2.44. The van der Waals surface area contributed by atoms with Crippen molar-refractivity contribution in [2.75, 3.05) is 18.4 Å². The number of aryl methyl sites for hydroxylation is 1. The molecule has 0 bridgehead atoms. The smallest absolute Gasteiger partial charge is 0.240 e. The minimum Gasteiger partial charge on any atom is -0.326 e. The quantitative estimate of drug-likeness (QED) is 0.517. The van der Waals surface area contributed by atoms with Crippen molar-refractivity contribution >= 4 is 32.4 Å². The first-order chi connectivity index (χ1) is 15.9. The number of rotatable bonds is 6. The van der Waals surface area contributed by atoms with Crippen LogP contribution in [0.15, 0.2) is 65.6 Å². The monoisotopic (exact) mass is 463 g/mol. The largest absolute Gasteiger partial charge is 0.326 e. The minimum atomic E-state index is -3.54. The predicted molar refractivity (Wildman–Crippen MR) is 131 cm³/mol. The second kappa shape index (κ2) is 8.89. The van der Waals surface area contributed by atoms with E-state index in [1.165, 1.54) is 5.56 Å². The maximum atomic E-state index is 12.8. The van der Waals surface area contributed by atoms with Crippen molar-refractivity contribution in [2.45, 2.75) is 43.0 Å². The average Bonchev–Trinajstić information content (AvgIpc) is 3.61. The van der Waals surface area contributed by atoms with E-state index in [1.54, 1.807) is 12.1 Å². The third kappa shape index (κ3) is 4.81. The zero-order chi connectivity index (χ0) is 23.0. The molecule has 1 amide bonds. The molecule has 3 atom stereocenters. The summed E-state index contributed by atoms with van der Waals surface area (Å²) < 4.78 is 28.2. The van der Waals surface area contributed by atoms with Gasteiger partial charge in [-0.15, -0.1) is 0 Å². The number of amides is 1. The predicted octanol–water partition coefficient (Wildman–Crippen LogP) is 3.92. The van der Waals surface area contributed by atoms with Gasteiger partial charge in [0.2, 0.25) is 15.9 Å². The summed E-state index contributed by atoms with van der Waals surface area (Å²) in [5.74, 6) is 0.0435. The molecule has 2 fully saturated rings. The minimum absolute atomic E-state index is 0.0103. The molecule has 1 heterocycles. The van der Waals surface area contributed by atoms with Crippen LogP contribution >= 0.6 is 0 Å². The van der Waals surface area contributed by atoms with Gasteiger partial charge in [0, 0.05) is 24.2 Å². The van der Waals surface area contributed by atoms with E-state index < -0.39 is 10.0 Å². The van der Waals surface area contributed by atoms with Crippen molar-refractivity contribution in [2.24, 2.45) is 5.92 Å². The van der Waals surface area contributed by atoms with Gasteiger partial charge >= 0.3 is 0 Å². The molecule has 3 N–H and O–H groups in total. The number of piperidine rings is 1. The van der Waals surface area contributed by atoms with Crippen LogP contribution in [0.25, 0.3) is 10.8 Å². The van der Waals surface area contributed by atoms with Crippen molar-refractivity contribution in [3.8, 4) is 0 Å². The van der Waals surface area contributed by atoms with E-state index in [4.69, 9.17) is 0 Å². The first-order valence-electron chi connectivity index (χ1n) is 11.5. The van der Waals surface area contributed by atoms with Gasteiger partial charge in [0.05, 0.1) is 4.90 Å². The molecule has 0 spiro atoms. The summed E-state index contributed by atoms with van der Waals surface area (Å²) in [5.41, 5.74) is 2.98. The van der Waals surface area contributed by atoms with Gasteiger partial charge in [-0.2, -0.15) is 0 Å². The van der Waals surface area contributed by atoms with Crippen molar-refractivity contribution in [3.05, 3.63) is 71.8 Å². The standard InChI is InChI=1S/C26H29N3O3S/c1-17-4-2-5-18-7-10-20(14-23(17)18)28-26(30)25-15-24(25)19-8-11-22(12-9-19)33(31,32)29-21-6-3-13-27-16-21/h2,4-5,7-12,14,21,24-25,27,29H,3,6,13,15-16H2,1H3,(H,28,30)/t21?,24-,25+/m0/s1. The van der Waals surface area contributed by atoms with Crippen LogP contribution in [0.1, 0.15) is 36.3 Å². The lowest BCUT2D eigenvalue weighted by Gasteiger charge is -2.23. The van der Waals surface area contributed by atoms with Crippen molar-refractivity contribution in [1.29, 1.82) is 0 Å². The van der Waals surface area contributed by atoms with Crippen LogP contribution in [-0.4, -0.2) is 33.5 Å². The van der Waals surface area contributed by atoms with E-state index in [0.717, 1.165) is 47.8 Å². The third-order valence-corrected chi connectivity index (χ3v) is 8.27. The first kappa shape index (κ1) is 22.1. The number of carbonyl (C=O) groups excluding carboxylic acids is 1. The fourth-order valence-corrected chi connectivity index (χ4v) is 6.00. The molecule has 1 aliphatic heterocycles. The molecule has 6 nitrogen and oxygen atoms in total. The number of benzene rings is 3. The molecule has 2 aliphatic rings. The summed E-state index contributed by atoms with van der Waals surface area (Å²) in [6.45, 7) is 3.66. The Balaban J connectivity index is 1.22. The maximum Gasteiger partial charge on any atom is 0.240 e. The number of fused-ring (bicyclic) bond motifs is 1. The lowest BCUT2D eigenvalue weighted by Crippen LogP contribution is -2.45. The van der Waals surface area contributed by atoms with Gasteiger partial charge < -0.3 is 10.6 Å². The number of hydrogen-bond acceptors (Lipinski definition) is 4. The van der Waals surface area contributed by atoms with Crippen LogP contribution < -0.4 is 15.4 Å². The topological polar surface area (TPSA) is 87.3 Å². The molecule has 1 aliphatic carbocycles. The molecule has 0 aromatic heterocycles. The van der Waals surface area contributed by atoms with Gasteiger partial charge in [0.15, 0.2) is 0 Å². The number of nitrogens with one attached hydrogen (secondary N) is 3. The Labute approximate surface area is 194 Å². The van der Waals surface area contributed by atoms with Gasteiger partial charge in [-0.1, -0.05) is 36.4 Å². The highest BCUT2D eigenvalue weighted by molar-refractivity contribution is 7.89. The van der Waals surface area contributed by atoms with Gasteiger partial charge in [-0.05, 0) is 84.8 Å². The summed E-state index contributed by atoms with van der Waals surface area (Å²) in [6, 6.07) is 19.0. The normalized spacial score (nSPS) is 22.8. The van der Waals surface area contributed by atoms with Crippen LogP contribution in [0, 0.1) is 12.8 Å².